The second-order valence-corrected chi connectivity index (χ2v) is 7.25. The molecular formula is C24H25N5O. The second-order valence-electron chi connectivity index (χ2n) is 7.25. The molecule has 0 atom stereocenters. The first-order chi connectivity index (χ1) is 14.7. The van der Waals surface area contributed by atoms with Crippen LogP contribution in [-0.4, -0.2) is 27.4 Å². The Hall–Kier alpha value is -3.67. The standard InChI is InChI=1S/C24H25N5O/c1-3-17-8-6-7-16(2)22(17)29-24-27-14-19(15-28-24)23(30)25-12-11-18-13-26-21-10-5-4-9-20(18)21/h4-10,13-15,26H,3,11-12H2,1-2H3,(H,25,30)(H,27,28,29). The topological polar surface area (TPSA) is 82.7 Å². The van der Waals surface area contributed by atoms with Gasteiger partial charge in [-0.05, 0) is 42.5 Å². The number of aromatic nitrogens is 3. The van der Waals surface area contributed by atoms with E-state index in [1.54, 1.807) is 12.4 Å². The number of carbonyl (C=O) groups is 1. The highest BCUT2D eigenvalue weighted by Crippen LogP contribution is 2.23. The molecule has 0 fully saturated rings. The molecule has 2 aromatic carbocycles. The average molecular weight is 399 g/mol. The van der Waals surface area contributed by atoms with Crippen molar-refractivity contribution in [3.05, 3.63) is 83.3 Å². The van der Waals surface area contributed by atoms with Gasteiger partial charge in [-0.1, -0.05) is 43.3 Å². The van der Waals surface area contributed by atoms with E-state index in [0.717, 1.165) is 29.6 Å². The Balaban J connectivity index is 1.36. The maximum Gasteiger partial charge on any atom is 0.254 e. The van der Waals surface area contributed by atoms with Gasteiger partial charge in [0.25, 0.3) is 5.91 Å². The van der Waals surface area contributed by atoms with Crippen molar-refractivity contribution in [2.75, 3.05) is 11.9 Å². The number of anilines is 2. The van der Waals surface area contributed by atoms with Gasteiger partial charge in [0.15, 0.2) is 0 Å². The number of fused-ring (bicyclic) bond motifs is 1. The summed E-state index contributed by atoms with van der Waals surface area (Å²) in [6.07, 6.45) is 6.78. The highest BCUT2D eigenvalue weighted by Gasteiger charge is 2.10. The van der Waals surface area contributed by atoms with E-state index < -0.39 is 0 Å². The van der Waals surface area contributed by atoms with Gasteiger partial charge in [-0.25, -0.2) is 9.97 Å². The average Bonchev–Trinajstić information content (AvgIpc) is 3.19. The highest BCUT2D eigenvalue weighted by molar-refractivity contribution is 5.93. The first-order valence-electron chi connectivity index (χ1n) is 10.2. The third-order valence-electron chi connectivity index (χ3n) is 5.25. The number of nitrogens with one attached hydrogen (secondary N) is 3. The first-order valence-corrected chi connectivity index (χ1v) is 10.2. The van der Waals surface area contributed by atoms with E-state index in [2.05, 4.69) is 57.6 Å². The fraction of sp³-hybridized carbons (Fsp3) is 0.208. The summed E-state index contributed by atoms with van der Waals surface area (Å²) in [4.78, 5) is 24.3. The molecule has 6 heteroatoms. The van der Waals surface area contributed by atoms with Gasteiger partial charge in [0.1, 0.15) is 0 Å². The molecule has 152 valence electrons. The summed E-state index contributed by atoms with van der Waals surface area (Å²) in [5.74, 6) is 0.306. The molecular weight excluding hydrogens is 374 g/mol. The number of carbonyl (C=O) groups excluding carboxylic acids is 1. The molecule has 0 bridgehead atoms. The van der Waals surface area contributed by atoms with Gasteiger partial charge in [0.05, 0.1) is 5.56 Å². The monoisotopic (exact) mass is 399 g/mol. The van der Waals surface area contributed by atoms with E-state index in [4.69, 9.17) is 0 Å². The van der Waals surface area contributed by atoms with E-state index in [1.165, 1.54) is 16.5 Å². The van der Waals surface area contributed by atoms with Crippen LogP contribution in [0.3, 0.4) is 0 Å². The first kappa shape index (κ1) is 19.6. The minimum atomic E-state index is -0.175. The van der Waals surface area contributed by atoms with Crippen molar-refractivity contribution in [1.82, 2.24) is 20.3 Å². The van der Waals surface area contributed by atoms with Gasteiger partial charge in [-0.3, -0.25) is 4.79 Å². The third-order valence-corrected chi connectivity index (χ3v) is 5.25. The lowest BCUT2D eigenvalue weighted by Gasteiger charge is -2.12. The Bertz CT molecular complexity index is 1160. The molecule has 2 heterocycles. The largest absolute Gasteiger partial charge is 0.361 e. The zero-order chi connectivity index (χ0) is 20.9. The molecule has 1 amide bonds. The summed E-state index contributed by atoms with van der Waals surface area (Å²) < 4.78 is 0. The molecule has 0 spiro atoms. The molecule has 2 aromatic heterocycles. The molecule has 30 heavy (non-hydrogen) atoms. The van der Waals surface area contributed by atoms with Crippen molar-refractivity contribution in [2.24, 2.45) is 0 Å². The van der Waals surface area contributed by atoms with E-state index in [-0.39, 0.29) is 5.91 Å². The normalized spacial score (nSPS) is 10.9. The van der Waals surface area contributed by atoms with Crippen LogP contribution in [0.4, 0.5) is 11.6 Å². The van der Waals surface area contributed by atoms with Crippen LogP contribution in [0.15, 0.2) is 61.1 Å². The SMILES string of the molecule is CCc1cccc(C)c1Nc1ncc(C(=O)NCCc2c[nH]c3ccccc23)cn1. The number of para-hydroxylation sites is 2. The van der Waals surface area contributed by atoms with Crippen LogP contribution in [0.25, 0.3) is 10.9 Å². The lowest BCUT2D eigenvalue weighted by atomic mass is 10.1. The number of benzene rings is 2. The Kier molecular flexibility index (Phi) is 5.75. The lowest BCUT2D eigenvalue weighted by Crippen LogP contribution is -2.26. The molecule has 4 aromatic rings. The molecule has 0 aliphatic rings. The Morgan fingerprint density at radius 2 is 1.83 bits per heavy atom. The minimum absolute atomic E-state index is 0.175. The summed E-state index contributed by atoms with van der Waals surface area (Å²) in [5, 5.41) is 7.41. The number of aromatic amines is 1. The van der Waals surface area contributed by atoms with Crippen molar-refractivity contribution in [2.45, 2.75) is 26.7 Å². The summed E-state index contributed by atoms with van der Waals surface area (Å²) in [6, 6.07) is 14.3. The Morgan fingerprint density at radius 1 is 1.03 bits per heavy atom. The Morgan fingerprint density at radius 3 is 2.63 bits per heavy atom. The minimum Gasteiger partial charge on any atom is -0.361 e. The van der Waals surface area contributed by atoms with Gasteiger partial charge < -0.3 is 15.6 Å². The summed E-state index contributed by atoms with van der Waals surface area (Å²) in [5.41, 5.74) is 6.10. The molecule has 4 rings (SSSR count). The summed E-state index contributed by atoms with van der Waals surface area (Å²) in [6.45, 7) is 4.71. The maximum absolute atomic E-state index is 12.4. The zero-order valence-electron chi connectivity index (χ0n) is 17.2. The molecule has 6 nitrogen and oxygen atoms in total. The molecule has 0 aliphatic carbocycles. The fourth-order valence-electron chi connectivity index (χ4n) is 3.57. The van der Waals surface area contributed by atoms with Crippen LogP contribution in [0.1, 0.15) is 34.0 Å². The van der Waals surface area contributed by atoms with Crippen LogP contribution in [-0.2, 0) is 12.8 Å². The molecule has 0 aliphatic heterocycles. The van der Waals surface area contributed by atoms with Crippen molar-refractivity contribution in [1.29, 1.82) is 0 Å². The summed E-state index contributed by atoms with van der Waals surface area (Å²) >= 11 is 0. The molecule has 0 saturated carbocycles. The predicted octanol–water partition coefficient (Wildman–Crippen LogP) is 4.54. The van der Waals surface area contributed by atoms with Crippen LogP contribution in [0.5, 0.6) is 0 Å². The second kappa shape index (κ2) is 8.78. The molecule has 0 saturated heterocycles. The van der Waals surface area contributed by atoms with Gasteiger partial charge in [-0.2, -0.15) is 0 Å². The van der Waals surface area contributed by atoms with Crippen molar-refractivity contribution >= 4 is 28.4 Å². The number of amides is 1. The lowest BCUT2D eigenvalue weighted by molar-refractivity contribution is 0.0953. The third kappa shape index (κ3) is 4.17. The number of H-pyrrole nitrogens is 1. The van der Waals surface area contributed by atoms with Crippen molar-refractivity contribution < 1.29 is 4.79 Å². The number of nitrogens with zero attached hydrogens (tertiary/aromatic N) is 2. The smallest absolute Gasteiger partial charge is 0.254 e. The Labute approximate surface area is 175 Å². The van der Waals surface area contributed by atoms with Crippen LogP contribution >= 0.6 is 0 Å². The van der Waals surface area contributed by atoms with Gasteiger partial charge in [0.2, 0.25) is 5.95 Å². The molecule has 0 radical (unpaired) electrons. The van der Waals surface area contributed by atoms with Crippen LogP contribution in [0, 0.1) is 6.92 Å². The highest BCUT2D eigenvalue weighted by atomic mass is 16.1. The van der Waals surface area contributed by atoms with E-state index in [1.807, 2.05) is 30.5 Å². The summed E-state index contributed by atoms with van der Waals surface area (Å²) in [7, 11) is 0. The zero-order valence-corrected chi connectivity index (χ0v) is 17.2. The van der Waals surface area contributed by atoms with E-state index >= 15 is 0 Å². The quantitative estimate of drug-likeness (QED) is 0.426. The number of hydrogen-bond donors (Lipinski definition) is 3. The van der Waals surface area contributed by atoms with Gasteiger partial charge in [0, 0.05) is 41.7 Å². The van der Waals surface area contributed by atoms with Crippen LogP contribution in [0.2, 0.25) is 0 Å². The van der Waals surface area contributed by atoms with Gasteiger partial charge in [-0.15, -0.1) is 0 Å². The molecule has 0 unspecified atom stereocenters. The van der Waals surface area contributed by atoms with Crippen molar-refractivity contribution in [3.8, 4) is 0 Å². The number of hydrogen-bond acceptors (Lipinski definition) is 4. The van der Waals surface area contributed by atoms with Crippen LogP contribution < -0.4 is 10.6 Å². The van der Waals surface area contributed by atoms with E-state index in [0.29, 0.717) is 18.1 Å². The van der Waals surface area contributed by atoms with Crippen molar-refractivity contribution in [3.63, 3.8) is 0 Å². The maximum atomic E-state index is 12.4. The number of aryl methyl sites for hydroxylation is 2. The number of rotatable bonds is 7. The molecule has 3 N–H and O–H groups in total. The van der Waals surface area contributed by atoms with E-state index in [9.17, 15) is 4.79 Å². The predicted molar refractivity (Wildman–Crippen MR) is 120 cm³/mol. The fourth-order valence-corrected chi connectivity index (χ4v) is 3.57. The van der Waals surface area contributed by atoms with Gasteiger partial charge >= 0.3 is 0 Å².